The Morgan fingerprint density at radius 2 is 1.97 bits per heavy atom. The molecule has 2 aliphatic rings. The molecule has 2 amide bonds. The smallest absolute Gasteiger partial charge is 0.290 e. The molecule has 0 atom stereocenters. The molecule has 2 aromatic heterocycles. The normalized spacial score (nSPS) is 22.9. The lowest BCUT2D eigenvalue weighted by Crippen LogP contribution is -2.37. The number of halogens is 1. The molecule has 0 unspecified atom stereocenters. The second kappa shape index (κ2) is 9.55. The van der Waals surface area contributed by atoms with Gasteiger partial charge in [-0.1, -0.05) is 11.6 Å². The number of hydrogen-bond donors (Lipinski definition) is 3. The summed E-state index contributed by atoms with van der Waals surface area (Å²) in [7, 11) is 0. The molecule has 156 valence electrons. The van der Waals surface area contributed by atoms with Crippen LogP contribution in [0.15, 0.2) is 35.6 Å². The number of amides is 2. The standard InChI is InChI=1S/C20H21ClN6O2S/c21-16-6-7-22-10-12(16)11-24-13-1-3-14(4-2-13)25-19-23-8-5-15(26-19)9-17-18(28)27-20(29)30-17/h5-10,13-14,24H,1-4,11H2,(H,23,25,26)(H,27,28,29)/b17-9-. The van der Waals surface area contributed by atoms with Gasteiger partial charge in [0.15, 0.2) is 0 Å². The zero-order chi connectivity index (χ0) is 20.9. The van der Waals surface area contributed by atoms with E-state index in [1.807, 2.05) is 0 Å². The topological polar surface area (TPSA) is 109 Å². The molecule has 3 N–H and O–H groups in total. The van der Waals surface area contributed by atoms with E-state index in [1.165, 1.54) is 0 Å². The van der Waals surface area contributed by atoms with Gasteiger partial charge in [0.2, 0.25) is 5.95 Å². The average Bonchev–Trinajstić information content (AvgIpc) is 3.05. The van der Waals surface area contributed by atoms with Gasteiger partial charge in [-0.05, 0) is 55.7 Å². The molecule has 0 spiro atoms. The Morgan fingerprint density at radius 1 is 1.17 bits per heavy atom. The fourth-order valence-electron chi connectivity index (χ4n) is 3.50. The Balaban J connectivity index is 1.28. The maximum Gasteiger partial charge on any atom is 0.290 e. The van der Waals surface area contributed by atoms with Crippen LogP contribution in [-0.4, -0.2) is 38.2 Å². The van der Waals surface area contributed by atoms with E-state index in [4.69, 9.17) is 11.6 Å². The van der Waals surface area contributed by atoms with Crippen molar-refractivity contribution in [1.29, 1.82) is 0 Å². The van der Waals surface area contributed by atoms with E-state index in [-0.39, 0.29) is 5.24 Å². The molecule has 3 heterocycles. The number of carbonyl (C=O) groups is 2. The number of aromatic nitrogens is 3. The number of hydrogen-bond acceptors (Lipinski definition) is 8. The summed E-state index contributed by atoms with van der Waals surface area (Å²) in [5.41, 5.74) is 1.60. The third kappa shape index (κ3) is 5.35. The Morgan fingerprint density at radius 3 is 2.70 bits per heavy atom. The minimum absolute atomic E-state index is 0.290. The van der Waals surface area contributed by atoms with Crippen LogP contribution in [0.2, 0.25) is 5.02 Å². The van der Waals surface area contributed by atoms with Crippen molar-refractivity contribution in [2.75, 3.05) is 5.32 Å². The first kappa shape index (κ1) is 20.8. The van der Waals surface area contributed by atoms with Crippen LogP contribution in [0.1, 0.15) is 36.9 Å². The van der Waals surface area contributed by atoms with Crippen molar-refractivity contribution in [3.8, 4) is 0 Å². The highest BCUT2D eigenvalue weighted by atomic mass is 35.5. The third-order valence-corrected chi connectivity index (χ3v) is 6.26. The molecule has 1 saturated carbocycles. The van der Waals surface area contributed by atoms with Crippen LogP contribution in [0.4, 0.5) is 10.7 Å². The van der Waals surface area contributed by atoms with Gasteiger partial charge in [0.25, 0.3) is 11.1 Å². The predicted molar refractivity (Wildman–Crippen MR) is 117 cm³/mol. The number of thioether (sulfide) groups is 1. The van der Waals surface area contributed by atoms with Crippen LogP contribution in [0.25, 0.3) is 6.08 Å². The monoisotopic (exact) mass is 444 g/mol. The molecule has 0 radical (unpaired) electrons. The minimum Gasteiger partial charge on any atom is -0.351 e. The predicted octanol–water partition coefficient (Wildman–Crippen LogP) is 3.36. The van der Waals surface area contributed by atoms with Gasteiger partial charge in [0.05, 0.1) is 10.6 Å². The van der Waals surface area contributed by atoms with Crippen molar-refractivity contribution in [2.45, 2.75) is 44.3 Å². The quantitative estimate of drug-likeness (QED) is 0.582. The van der Waals surface area contributed by atoms with Crippen LogP contribution in [0, 0.1) is 0 Å². The lowest BCUT2D eigenvalue weighted by molar-refractivity contribution is -0.115. The second-order valence-electron chi connectivity index (χ2n) is 7.20. The molecule has 4 rings (SSSR count). The Kier molecular flexibility index (Phi) is 6.61. The Labute approximate surface area is 183 Å². The fraction of sp³-hybridized carbons (Fsp3) is 0.350. The largest absolute Gasteiger partial charge is 0.351 e. The number of nitrogens with zero attached hydrogens (tertiary/aromatic N) is 3. The molecule has 0 bridgehead atoms. The molecule has 2 fully saturated rings. The molecular formula is C20H21ClN6O2S. The third-order valence-electron chi connectivity index (χ3n) is 5.08. The Hall–Kier alpha value is -2.49. The summed E-state index contributed by atoms with van der Waals surface area (Å²) >= 11 is 7.06. The van der Waals surface area contributed by atoms with Crippen LogP contribution >= 0.6 is 23.4 Å². The molecule has 1 aliphatic carbocycles. The number of nitrogens with one attached hydrogen (secondary N) is 3. The summed E-state index contributed by atoms with van der Waals surface area (Å²) in [4.78, 5) is 36.2. The molecule has 10 heteroatoms. The van der Waals surface area contributed by atoms with Gasteiger partial charge in [-0.15, -0.1) is 0 Å². The highest BCUT2D eigenvalue weighted by Gasteiger charge is 2.25. The average molecular weight is 445 g/mol. The van der Waals surface area contributed by atoms with E-state index in [9.17, 15) is 9.59 Å². The van der Waals surface area contributed by atoms with Gasteiger partial charge in [-0.2, -0.15) is 0 Å². The zero-order valence-electron chi connectivity index (χ0n) is 16.1. The van der Waals surface area contributed by atoms with Crippen molar-refractivity contribution in [1.82, 2.24) is 25.6 Å². The van der Waals surface area contributed by atoms with Gasteiger partial charge in [0.1, 0.15) is 0 Å². The molecule has 30 heavy (non-hydrogen) atoms. The molecule has 1 aliphatic heterocycles. The first-order chi connectivity index (χ1) is 14.6. The summed E-state index contributed by atoms with van der Waals surface area (Å²) in [5, 5.41) is 9.55. The number of rotatable bonds is 6. The highest BCUT2D eigenvalue weighted by Crippen LogP contribution is 2.26. The fourth-order valence-corrected chi connectivity index (χ4v) is 4.34. The van der Waals surface area contributed by atoms with Crippen molar-refractivity contribution < 1.29 is 9.59 Å². The molecule has 1 saturated heterocycles. The molecular weight excluding hydrogens is 424 g/mol. The highest BCUT2D eigenvalue weighted by molar-refractivity contribution is 8.18. The van der Waals surface area contributed by atoms with Crippen LogP contribution < -0.4 is 16.0 Å². The van der Waals surface area contributed by atoms with Gasteiger partial charge in [-0.25, -0.2) is 9.97 Å². The molecule has 2 aromatic rings. The number of anilines is 1. The van der Waals surface area contributed by atoms with E-state index in [1.54, 1.807) is 36.8 Å². The number of imide groups is 1. The van der Waals surface area contributed by atoms with Crippen LogP contribution in [0.5, 0.6) is 0 Å². The molecule has 0 aromatic carbocycles. The van der Waals surface area contributed by atoms with Gasteiger partial charge >= 0.3 is 0 Å². The van der Waals surface area contributed by atoms with E-state index in [0.29, 0.717) is 35.2 Å². The number of pyridine rings is 1. The lowest BCUT2D eigenvalue weighted by Gasteiger charge is -2.30. The minimum atomic E-state index is -0.392. The van der Waals surface area contributed by atoms with Crippen molar-refractivity contribution >= 4 is 46.5 Å². The SMILES string of the molecule is O=C1NC(=O)/C(=C/c2ccnc(NC3CCC(NCc4cnccc4Cl)CC3)n2)S1. The van der Waals surface area contributed by atoms with Crippen molar-refractivity contribution in [3.05, 3.63) is 51.9 Å². The number of carbonyl (C=O) groups excluding carboxylic acids is 2. The Bertz CT molecular complexity index is 977. The second-order valence-corrected chi connectivity index (χ2v) is 8.62. The summed E-state index contributed by atoms with van der Waals surface area (Å²) < 4.78 is 0. The zero-order valence-corrected chi connectivity index (χ0v) is 17.7. The first-order valence-corrected chi connectivity index (χ1v) is 10.9. The summed E-state index contributed by atoms with van der Waals surface area (Å²) in [5.74, 6) is 0.133. The maximum atomic E-state index is 11.7. The lowest BCUT2D eigenvalue weighted by atomic mass is 9.91. The van der Waals surface area contributed by atoms with Gasteiger partial charge < -0.3 is 10.6 Å². The van der Waals surface area contributed by atoms with E-state index >= 15 is 0 Å². The van der Waals surface area contributed by atoms with E-state index < -0.39 is 5.91 Å². The van der Waals surface area contributed by atoms with Crippen molar-refractivity contribution in [3.63, 3.8) is 0 Å². The van der Waals surface area contributed by atoms with E-state index in [2.05, 4.69) is 30.9 Å². The summed E-state index contributed by atoms with van der Waals surface area (Å²) in [6.45, 7) is 0.712. The van der Waals surface area contributed by atoms with Crippen LogP contribution in [0.3, 0.4) is 0 Å². The summed E-state index contributed by atoms with van der Waals surface area (Å²) in [6, 6.07) is 4.24. The van der Waals surface area contributed by atoms with Gasteiger partial charge in [-0.3, -0.25) is 19.9 Å². The maximum absolute atomic E-state index is 11.7. The molecule has 8 nitrogen and oxygen atoms in total. The first-order valence-electron chi connectivity index (χ1n) is 9.73. The van der Waals surface area contributed by atoms with Crippen molar-refractivity contribution in [2.24, 2.45) is 0 Å². The van der Waals surface area contributed by atoms with Gasteiger partial charge in [0, 0.05) is 47.8 Å². The van der Waals surface area contributed by atoms with Crippen LogP contribution in [-0.2, 0) is 11.3 Å². The summed E-state index contributed by atoms with van der Waals surface area (Å²) in [6.07, 6.45) is 10.8. The van der Waals surface area contributed by atoms with E-state index in [0.717, 1.165) is 48.0 Å².